The third-order valence-electron chi connectivity index (χ3n) is 8.01. The van der Waals surface area contributed by atoms with Crippen molar-refractivity contribution in [3.05, 3.63) is 77.5 Å². The number of sulfone groups is 1. The molecule has 0 spiro atoms. The van der Waals surface area contributed by atoms with Crippen molar-refractivity contribution >= 4 is 21.0 Å². The standard InChI is InChI=1S/C31H35F2N7O3S/c1-19-16-39(17-25(35)30(19)43-9-10-44(4,41)42)27-7-8-36-14-20(27)11-28-37-15-22-5-6-26(38-40(22)28)29-23(32)12-21(13-24(29)33)31(2,3)18-34/h5-8,12-15,19,25,30H,9-11,16-17,35H2,1-4H3/t19-,25+,30-/m0/s1. The second-order valence-electron chi connectivity index (χ2n) is 12.0. The number of ether oxygens (including phenoxy) is 1. The molecule has 0 amide bonds. The molecule has 3 atom stereocenters. The molecule has 4 aromatic rings. The van der Waals surface area contributed by atoms with Gasteiger partial charge in [-0.05, 0) is 49.7 Å². The van der Waals surface area contributed by atoms with Crippen LogP contribution < -0.4 is 10.6 Å². The van der Waals surface area contributed by atoms with Crippen molar-refractivity contribution < 1.29 is 21.9 Å². The summed E-state index contributed by atoms with van der Waals surface area (Å²) in [5.74, 6) is -1.08. The van der Waals surface area contributed by atoms with E-state index in [-0.39, 0.29) is 47.2 Å². The summed E-state index contributed by atoms with van der Waals surface area (Å²) >= 11 is 0. The lowest BCUT2D eigenvalue weighted by atomic mass is 9.85. The lowest BCUT2D eigenvalue weighted by Gasteiger charge is -2.42. The zero-order chi connectivity index (χ0) is 31.8. The molecule has 1 fully saturated rings. The Bertz CT molecular complexity index is 1800. The predicted molar refractivity (Wildman–Crippen MR) is 163 cm³/mol. The minimum absolute atomic E-state index is 0.0331. The van der Waals surface area contributed by atoms with E-state index in [1.54, 1.807) is 43.0 Å². The van der Waals surface area contributed by atoms with Gasteiger partial charge in [0, 0.05) is 61.4 Å². The van der Waals surface area contributed by atoms with E-state index in [2.05, 4.69) is 26.0 Å². The average molecular weight is 624 g/mol. The Hall–Kier alpha value is -3.99. The molecule has 1 saturated heterocycles. The van der Waals surface area contributed by atoms with Gasteiger partial charge in [0.25, 0.3) is 0 Å². The first-order valence-corrected chi connectivity index (χ1v) is 16.3. The van der Waals surface area contributed by atoms with E-state index < -0.39 is 26.9 Å². The molecule has 0 unspecified atom stereocenters. The molecule has 1 aromatic carbocycles. The molecule has 44 heavy (non-hydrogen) atoms. The van der Waals surface area contributed by atoms with E-state index in [4.69, 9.17) is 10.5 Å². The molecular formula is C31H35F2N7O3S. The maximum Gasteiger partial charge on any atom is 0.149 e. The van der Waals surface area contributed by atoms with Gasteiger partial charge in [-0.2, -0.15) is 10.4 Å². The predicted octanol–water partition coefficient (Wildman–Crippen LogP) is 3.67. The number of hydrogen-bond acceptors (Lipinski definition) is 9. The summed E-state index contributed by atoms with van der Waals surface area (Å²) in [5.41, 5.74) is 7.94. The third-order valence-corrected chi connectivity index (χ3v) is 8.92. The first-order valence-electron chi connectivity index (χ1n) is 14.2. The molecule has 1 aliphatic rings. The van der Waals surface area contributed by atoms with Gasteiger partial charge in [-0.15, -0.1) is 0 Å². The van der Waals surface area contributed by atoms with E-state index >= 15 is 8.78 Å². The highest BCUT2D eigenvalue weighted by atomic mass is 32.2. The van der Waals surface area contributed by atoms with Crippen LogP contribution in [0.25, 0.3) is 16.8 Å². The molecule has 3 aromatic heterocycles. The van der Waals surface area contributed by atoms with Crippen LogP contribution in [0.2, 0.25) is 0 Å². The molecule has 232 valence electrons. The molecule has 0 radical (unpaired) electrons. The number of hydrogen-bond donors (Lipinski definition) is 1. The van der Waals surface area contributed by atoms with Crippen LogP contribution in [0.5, 0.6) is 0 Å². The highest BCUT2D eigenvalue weighted by molar-refractivity contribution is 7.90. The number of halogens is 2. The van der Waals surface area contributed by atoms with Crippen molar-refractivity contribution in [3.8, 4) is 17.3 Å². The van der Waals surface area contributed by atoms with Crippen molar-refractivity contribution in [1.29, 1.82) is 5.26 Å². The van der Waals surface area contributed by atoms with Gasteiger partial charge in [-0.1, -0.05) is 6.92 Å². The van der Waals surface area contributed by atoms with Crippen LogP contribution in [0.4, 0.5) is 14.5 Å². The third kappa shape index (κ3) is 6.57. The molecule has 13 heteroatoms. The van der Waals surface area contributed by atoms with Crippen LogP contribution in [0.3, 0.4) is 0 Å². The second kappa shape index (κ2) is 12.2. The number of nitriles is 1. The smallest absolute Gasteiger partial charge is 0.149 e. The van der Waals surface area contributed by atoms with Crippen LogP contribution in [0, 0.1) is 28.9 Å². The van der Waals surface area contributed by atoms with Crippen molar-refractivity contribution in [1.82, 2.24) is 19.6 Å². The Morgan fingerprint density at radius 1 is 1.16 bits per heavy atom. The fourth-order valence-electron chi connectivity index (χ4n) is 5.59. The Morgan fingerprint density at radius 3 is 2.55 bits per heavy atom. The van der Waals surface area contributed by atoms with Gasteiger partial charge in [-0.25, -0.2) is 26.7 Å². The van der Waals surface area contributed by atoms with Gasteiger partial charge in [0.2, 0.25) is 0 Å². The molecule has 10 nitrogen and oxygen atoms in total. The summed E-state index contributed by atoms with van der Waals surface area (Å²) in [6.45, 7) is 6.45. The number of anilines is 1. The lowest BCUT2D eigenvalue weighted by molar-refractivity contribution is 0.00179. The highest BCUT2D eigenvalue weighted by Crippen LogP contribution is 2.32. The normalized spacial score (nSPS) is 19.3. The van der Waals surface area contributed by atoms with Crippen LogP contribution >= 0.6 is 0 Å². The number of aromatic nitrogens is 4. The van der Waals surface area contributed by atoms with Crippen LogP contribution in [-0.4, -0.2) is 71.9 Å². The molecule has 0 saturated carbocycles. The summed E-state index contributed by atoms with van der Waals surface area (Å²) in [5, 5.41) is 14.0. The van der Waals surface area contributed by atoms with E-state index in [1.165, 1.54) is 24.5 Å². The summed E-state index contributed by atoms with van der Waals surface area (Å²) in [6, 6.07) is 9.22. The van der Waals surface area contributed by atoms with Gasteiger partial charge in [0.1, 0.15) is 27.3 Å². The molecule has 0 aliphatic carbocycles. The zero-order valence-electron chi connectivity index (χ0n) is 25.0. The van der Waals surface area contributed by atoms with E-state index in [0.717, 1.165) is 11.3 Å². The van der Waals surface area contributed by atoms with E-state index in [9.17, 15) is 13.7 Å². The minimum atomic E-state index is -3.14. The lowest BCUT2D eigenvalue weighted by Crippen LogP contribution is -2.57. The van der Waals surface area contributed by atoms with E-state index in [0.29, 0.717) is 30.9 Å². The monoisotopic (exact) mass is 623 g/mol. The SMILES string of the molecule is C[C@H]1CN(c2ccncc2Cc2ncc3ccc(-c4c(F)cc(C(C)(C)C#N)cc4F)nn23)C[C@@H](N)[C@H]1OCCS(C)(=O)=O. The molecular weight excluding hydrogens is 588 g/mol. The topological polar surface area (TPSA) is 140 Å². The van der Waals surface area contributed by atoms with Gasteiger partial charge in [0.05, 0.1) is 52.9 Å². The summed E-state index contributed by atoms with van der Waals surface area (Å²) in [7, 11) is -3.14. The first kappa shape index (κ1) is 31.4. The molecule has 1 aliphatic heterocycles. The number of nitrogens with two attached hydrogens (primary N) is 1. The Morgan fingerprint density at radius 2 is 1.89 bits per heavy atom. The fourth-order valence-corrected chi connectivity index (χ4v) is 5.99. The highest BCUT2D eigenvalue weighted by Gasteiger charge is 2.34. The fraction of sp³-hybridized carbons (Fsp3) is 0.419. The molecule has 2 N–H and O–H groups in total. The number of pyridine rings is 1. The van der Waals surface area contributed by atoms with Crippen molar-refractivity contribution in [2.45, 2.75) is 44.8 Å². The minimum Gasteiger partial charge on any atom is -0.375 e. The quantitative estimate of drug-likeness (QED) is 0.296. The van der Waals surface area contributed by atoms with Gasteiger partial charge in [0.15, 0.2) is 0 Å². The first-order chi connectivity index (χ1) is 20.8. The van der Waals surface area contributed by atoms with Crippen molar-refractivity contribution in [3.63, 3.8) is 0 Å². The van der Waals surface area contributed by atoms with Crippen molar-refractivity contribution in [2.75, 3.05) is 36.6 Å². The van der Waals surface area contributed by atoms with Gasteiger partial charge in [-0.3, -0.25) is 4.98 Å². The maximum atomic E-state index is 15.2. The van der Waals surface area contributed by atoms with Gasteiger partial charge >= 0.3 is 0 Å². The second-order valence-corrected chi connectivity index (χ2v) is 14.2. The number of fused-ring (bicyclic) bond motifs is 1. The Balaban J connectivity index is 1.40. The summed E-state index contributed by atoms with van der Waals surface area (Å²) in [4.78, 5) is 11.0. The number of imidazole rings is 1. The zero-order valence-corrected chi connectivity index (χ0v) is 25.9. The van der Waals surface area contributed by atoms with Crippen LogP contribution in [0.15, 0.2) is 48.9 Å². The van der Waals surface area contributed by atoms with E-state index in [1.807, 2.05) is 13.0 Å². The number of piperidine rings is 1. The summed E-state index contributed by atoms with van der Waals surface area (Å²) in [6.07, 6.45) is 6.33. The van der Waals surface area contributed by atoms with Crippen LogP contribution in [0.1, 0.15) is 37.7 Å². The molecule has 4 heterocycles. The Labute approximate surface area is 255 Å². The van der Waals surface area contributed by atoms with Crippen LogP contribution in [-0.2, 0) is 26.4 Å². The number of rotatable bonds is 9. The maximum absolute atomic E-state index is 15.2. The Kier molecular flexibility index (Phi) is 8.71. The molecule has 5 rings (SSSR count). The molecule has 0 bridgehead atoms. The number of nitrogens with zero attached hydrogens (tertiary/aromatic N) is 6. The van der Waals surface area contributed by atoms with Crippen molar-refractivity contribution in [2.24, 2.45) is 11.7 Å². The number of benzene rings is 1. The summed E-state index contributed by atoms with van der Waals surface area (Å²) < 4.78 is 61.0. The largest absolute Gasteiger partial charge is 0.375 e. The average Bonchev–Trinajstić information content (AvgIpc) is 3.35. The van der Waals surface area contributed by atoms with Gasteiger partial charge < -0.3 is 15.4 Å².